The normalized spacial score (nSPS) is 18.5. The highest BCUT2D eigenvalue weighted by molar-refractivity contribution is 7.89. The van der Waals surface area contributed by atoms with Gasteiger partial charge in [-0.25, -0.2) is 8.42 Å². The molecule has 1 saturated heterocycles. The Labute approximate surface area is 198 Å². The minimum atomic E-state index is -3.33. The Morgan fingerprint density at radius 1 is 0.909 bits per heavy atom. The highest BCUT2D eigenvalue weighted by atomic mass is 32.2. The van der Waals surface area contributed by atoms with Crippen LogP contribution in [0.3, 0.4) is 0 Å². The zero-order chi connectivity index (χ0) is 23.7. The molecule has 0 aliphatic carbocycles. The third-order valence-electron chi connectivity index (χ3n) is 6.24. The van der Waals surface area contributed by atoms with Crippen molar-refractivity contribution in [1.82, 2.24) is 39.2 Å². The number of hydrogen-bond donors (Lipinski definition) is 0. The third kappa shape index (κ3) is 7.86. The van der Waals surface area contributed by atoms with Gasteiger partial charge in [0.1, 0.15) is 0 Å². The number of likely N-dealkylation sites (N-methyl/N-ethyl adjacent to an activating group) is 1. The summed E-state index contributed by atoms with van der Waals surface area (Å²) in [7, 11) is -1.37. The summed E-state index contributed by atoms with van der Waals surface area (Å²) in [6.45, 7) is 7.40. The molecule has 1 atom stereocenters. The zero-order valence-electron chi connectivity index (χ0n) is 20.4. The van der Waals surface area contributed by atoms with Crippen molar-refractivity contribution in [1.29, 1.82) is 0 Å². The molecule has 186 valence electrons. The minimum absolute atomic E-state index is 0.0891. The molecular weight excluding hydrogens is 440 g/mol. The molecule has 10 nitrogen and oxygen atoms in total. The first kappa shape index (κ1) is 25.8. The smallest absolute Gasteiger partial charge is 0.216 e. The van der Waals surface area contributed by atoms with E-state index in [4.69, 9.17) is 0 Å². The maximum atomic E-state index is 12.8. The maximum Gasteiger partial charge on any atom is 0.216 e. The molecule has 0 amide bonds. The summed E-state index contributed by atoms with van der Waals surface area (Å²) in [4.78, 5) is 2.06. The van der Waals surface area contributed by atoms with Crippen LogP contribution in [0, 0.1) is 0 Å². The summed E-state index contributed by atoms with van der Waals surface area (Å²) in [5, 5.41) is 16.9. The Hall–Kier alpha value is -1.85. The quantitative estimate of drug-likeness (QED) is 0.361. The average molecular weight is 481 g/mol. The number of rotatable bonds is 15. The molecule has 0 bridgehead atoms. The van der Waals surface area contributed by atoms with Crippen molar-refractivity contribution in [3.63, 3.8) is 0 Å². The van der Waals surface area contributed by atoms with E-state index in [-0.39, 0.29) is 18.3 Å². The average Bonchev–Trinajstić information content (AvgIpc) is 3.49. The van der Waals surface area contributed by atoms with E-state index in [0.717, 1.165) is 31.6 Å². The van der Waals surface area contributed by atoms with E-state index in [2.05, 4.69) is 39.4 Å². The third-order valence-corrected chi connectivity index (χ3v) is 8.11. The lowest BCUT2D eigenvalue weighted by molar-refractivity contribution is 0.231. The van der Waals surface area contributed by atoms with Gasteiger partial charge >= 0.3 is 0 Å². The Kier molecular flexibility index (Phi) is 9.81. The molecule has 1 aliphatic heterocycles. The van der Waals surface area contributed by atoms with E-state index >= 15 is 0 Å². The first-order valence-electron chi connectivity index (χ1n) is 12.4. The van der Waals surface area contributed by atoms with Crippen molar-refractivity contribution in [2.75, 3.05) is 19.3 Å². The molecule has 3 heterocycles. The van der Waals surface area contributed by atoms with Crippen LogP contribution in [0.2, 0.25) is 0 Å². The second-order valence-electron chi connectivity index (χ2n) is 9.21. The van der Waals surface area contributed by atoms with Crippen molar-refractivity contribution < 1.29 is 8.42 Å². The maximum absolute atomic E-state index is 12.8. The Bertz CT molecular complexity index is 942. The van der Waals surface area contributed by atoms with Gasteiger partial charge in [-0.05, 0) is 19.9 Å². The van der Waals surface area contributed by atoms with Gasteiger partial charge < -0.3 is 0 Å². The van der Waals surface area contributed by atoms with E-state index in [1.54, 1.807) is 0 Å². The number of unbranched alkanes of at least 4 members (excludes halogenated alkanes) is 6. The standard InChI is InChI=1S/C22H40N8O2S/c1-4-6-8-10-12-28-15-20(23-25-28)14-27(3)22-18-30(33(31,32)19-22)17-21-16-29(26-24-21)13-11-9-7-5-2/h15-16,22H,4-14,17-19H2,1-3H3. The minimum Gasteiger partial charge on any atom is -0.295 e. The first-order chi connectivity index (χ1) is 15.9. The van der Waals surface area contributed by atoms with E-state index in [0.29, 0.717) is 18.8 Å². The summed E-state index contributed by atoms with van der Waals surface area (Å²) in [6, 6.07) is -0.0891. The van der Waals surface area contributed by atoms with Gasteiger partial charge in [0.15, 0.2) is 0 Å². The van der Waals surface area contributed by atoms with Crippen LogP contribution in [0.4, 0.5) is 0 Å². The van der Waals surface area contributed by atoms with E-state index < -0.39 is 10.0 Å². The van der Waals surface area contributed by atoms with Gasteiger partial charge in [-0.15, -0.1) is 10.2 Å². The molecule has 0 radical (unpaired) electrons. The van der Waals surface area contributed by atoms with Crippen LogP contribution in [-0.2, 0) is 36.2 Å². The van der Waals surface area contributed by atoms with Gasteiger partial charge in [0.25, 0.3) is 0 Å². The summed E-state index contributed by atoms with van der Waals surface area (Å²) in [5.74, 6) is 0.111. The number of hydrogen-bond acceptors (Lipinski definition) is 7. The van der Waals surface area contributed by atoms with Gasteiger partial charge in [-0.3, -0.25) is 14.3 Å². The van der Waals surface area contributed by atoms with Crippen LogP contribution in [-0.4, -0.2) is 73.0 Å². The first-order valence-corrected chi connectivity index (χ1v) is 14.0. The molecular formula is C22H40N8O2S. The van der Waals surface area contributed by atoms with Crippen LogP contribution in [0.25, 0.3) is 0 Å². The monoisotopic (exact) mass is 480 g/mol. The van der Waals surface area contributed by atoms with Crippen molar-refractivity contribution in [2.45, 2.75) is 97.4 Å². The van der Waals surface area contributed by atoms with Crippen LogP contribution in [0.15, 0.2) is 12.4 Å². The molecule has 0 spiro atoms. The molecule has 2 aromatic rings. The molecule has 0 N–H and O–H groups in total. The Morgan fingerprint density at radius 3 is 2.09 bits per heavy atom. The van der Waals surface area contributed by atoms with Crippen LogP contribution in [0.1, 0.15) is 76.6 Å². The summed E-state index contributed by atoms with van der Waals surface area (Å²) in [5.41, 5.74) is 1.57. The van der Waals surface area contributed by atoms with Crippen molar-refractivity contribution in [2.24, 2.45) is 0 Å². The fourth-order valence-electron chi connectivity index (χ4n) is 4.19. The fourth-order valence-corrected chi connectivity index (χ4v) is 5.97. The summed E-state index contributed by atoms with van der Waals surface area (Å²) in [6.07, 6.45) is 13.3. The predicted octanol–water partition coefficient (Wildman–Crippen LogP) is 2.68. The van der Waals surface area contributed by atoms with Gasteiger partial charge in [0, 0.05) is 44.6 Å². The largest absolute Gasteiger partial charge is 0.295 e. The van der Waals surface area contributed by atoms with Gasteiger partial charge in [-0.1, -0.05) is 62.8 Å². The fraction of sp³-hybridized carbons (Fsp3) is 0.818. The van der Waals surface area contributed by atoms with Gasteiger partial charge in [0.2, 0.25) is 10.0 Å². The summed E-state index contributed by atoms with van der Waals surface area (Å²) < 4.78 is 30.8. The lowest BCUT2D eigenvalue weighted by Gasteiger charge is -2.21. The number of aromatic nitrogens is 6. The molecule has 11 heteroatoms. The molecule has 0 saturated carbocycles. The summed E-state index contributed by atoms with van der Waals surface area (Å²) >= 11 is 0. The predicted molar refractivity (Wildman–Crippen MR) is 128 cm³/mol. The van der Waals surface area contributed by atoms with Crippen molar-refractivity contribution in [3.05, 3.63) is 23.8 Å². The topological polar surface area (TPSA) is 102 Å². The molecule has 2 aromatic heterocycles. The Morgan fingerprint density at radius 2 is 1.48 bits per heavy atom. The highest BCUT2D eigenvalue weighted by Crippen LogP contribution is 2.21. The lowest BCUT2D eigenvalue weighted by Crippen LogP contribution is -2.35. The second kappa shape index (κ2) is 12.6. The number of nitrogens with zero attached hydrogens (tertiary/aromatic N) is 8. The number of aryl methyl sites for hydroxylation is 2. The highest BCUT2D eigenvalue weighted by Gasteiger charge is 2.38. The number of sulfonamides is 1. The second-order valence-corrected chi connectivity index (χ2v) is 11.2. The molecule has 3 rings (SSSR count). The van der Waals surface area contributed by atoms with E-state index in [9.17, 15) is 8.42 Å². The molecule has 1 aliphatic rings. The van der Waals surface area contributed by atoms with Crippen LogP contribution < -0.4 is 0 Å². The van der Waals surface area contributed by atoms with Gasteiger partial charge in [0.05, 0.1) is 23.7 Å². The van der Waals surface area contributed by atoms with Crippen LogP contribution >= 0.6 is 0 Å². The van der Waals surface area contributed by atoms with E-state index in [1.165, 1.54) is 42.8 Å². The Balaban J connectivity index is 1.48. The molecule has 1 fully saturated rings. The van der Waals surface area contributed by atoms with Crippen molar-refractivity contribution >= 4 is 10.0 Å². The SMILES string of the molecule is CCCCCCn1cc(CN(C)C2CN(Cc3cn(CCCCCC)nn3)S(=O)(=O)C2)nn1. The molecule has 1 unspecified atom stereocenters. The van der Waals surface area contributed by atoms with Crippen molar-refractivity contribution in [3.8, 4) is 0 Å². The van der Waals surface area contributed by atoms with Crippen LogP contribution in [0.5, 0.6) is 0 Å². The van der Waals surface area contributed by atoms with Gasteiger partial charge in [-0.2, -0.15) is 4.31 Å². The molecule has 0 aromatic carbocycles. The molecule has 33 heavy (non-hydrogen) atoms. The van der Waals surface area contributed by atoms with E-state index in [1.807, 2.05) is 28.8 Å². The lowest BCUT2D eigenvalue weighted by atomic mass is 10.2. The zero-order valence-corrected chi connectivity index (χ0v) is 21.3.